The average molecular weight is 345 g/mol. The zero-order chi connectivity index (χ0) is 16.8. The minimum Gasteiger partial charge on any atom is -0.354 e. The Morgan fingerprint density at radius 1 is 1.29 bits per heavy atom. The van der Waals surface area contributed by atoms with Crippen molar-refractivity contribution in [1.82, 2.24) is 15.6 Å². The van der Waals surface area contributed by atoms with E-state index >= 15 is 0 Å². The van der Waals surface area contributed by atoms with Gasteiger partial charge < -0.3 is 10.6 Å². The van der Waals surface area contributed by atoms with Crippen LogP contribution >= 0.6 is 11.3 Å². The van der Waals surface area contributed by atoms with E-state index in [1.165, 1.54) is 4.70 Å². The molecule has 0 radical (unpaired) electrons. The van der Waals surface area contributed by atoms with Crippen LogP contribution < -0.4 is 10.6 Å². The lowest BCUT2D eigenvalue weighted by Crippen LogP contribution is -2.45. The molecule has 3 rings (SSSR count). The molecular weight excluding hydrogens is 322 g/mol. The average Bonchev–Trinajstić information content (AvgIpc) is 2.89. The first-order valence-corrected chi connectivity index (χ1v) is 9.45. The quantitative estimate of drug-likeness (QED) is 0.791. The Balaban J connectivity index is 1.39. The molecule has 0 bridgehead atoms. The number of carbonyl (C=O) groups excluding carboxylic acids is 2. The van der Waals surface area contributed by atoms with Gasteiger partial charge in [-0.1, -0.05) is 12.1 Å². The maximum Gasteiger partial charge on any atom is 0.242 e. The number of carbonyl (C=O) groups is 2. The van der Waals surface area contributed by atoms with Gasteiger partial charge in [0.05, 0.1) is 15.2 Å². The highest BCUT2D eigenvalue weighted by Gasteiger charge is 2.21. The van der Waals surface area contributed by atoms with E-state index < -0.39 is 0 Å². The van der Waals surface area contributed by atoms with Crippen LogP contribution in [0.2, 0.25) is 0 Å². The van der Waals surface area contributed by atoms with Gasteiger partial charge in [0.25, 0.3) is 0 Å². The van der Waals surface area contributed by atoms with Crippen molar-refractivity contribution < 1.29 is 9.59 Å². The summed E-state index contributed by atoms with van der Waals surface area (Å²) >= 11 is 1.72. The van der Waals surface area contributed by atoms with Crippen molar-refractivity contribution in [3.05, 3.63) is 29.3 Å². The molecule has 1 atom stereocenters. The normalized spacial score (nSPS) is 18.2. The summed E-state index contributed by atoms with van der Waals surface area (Å²) in [6, 6.07) is 7.78. The van der Waals surface area contributed by atoms with E-state index in [0.29, 0.717) is 13.0 Å². The molecule has 6 heteroatoms. The van der Waals surface area contributed by atoms with E-state index in [0.717, 1.165) is 49.0 Å². The number of amides is 2. The summed E-state index contributed by atoms with van der Waals surface area (Å²) in [6.45, 7) is 0.716. The second-order valence-corrected chi connectivity index (χ2v) is 7.30. The molecule has 1 fully saturated rings. The molecule has 1 unspecified atom stereocenters. The summed E-state index contributed by atoms with van der Waals surface area (Å²) in [7, 11) is 0. The summed E-state index contributed by atoms with van der Waals surface area (Å²) < 4.78 is 1.21. The third-order valence-corrected chi connectivity index (χ3v) is 5.35. The van der Waals surface area contributed by atoms with E-state index in [1.54, 1.807) is 11.3 Å². The van der Waals surface area contributed by atoms with Crippen molar-refractivity contribution >= 4 is 33.4 Å². The van der Waals surface area contributed by atoms with Gasteiger partial charge in [-0.2, -0.15) is 0 Å². The van der Waals surface area contributed by atoms with Crippen LogP contribution in [0.1, 0.15) is 43.5 Å². The van der Waals surface area contributed by atoms with Crippen molar-refractivity contribution in [2.24, 2.45) is 0 Å². The molecule has 1 aliphatic rings. The van der Waals surface area contributed by atoms with E-state index in [-0.39, 0.29) is 17.9 Å². The number of benzene rings is 1. The van der Waals surface area contributed by atoms with Crippen molar-refractivity contribution in [1.29, 1.82) is 0 Å². The Labute approximate surface area is 145 Å². The Bertz CT molecular complexity index is 680. The molecule has 2 aromatic rings. The van der Waals surface area contributed by atoms with Gasteiger partial charge in [-0.15, -0.1) is 11.3 Å². The number of nitrogens with zero attached hydrogens (tertiary/aromatic N) is 1. The van der Waals surface area contributed by atoms with Crippen LogP contribution in [0.5, 0.6) is 0 Å². The standard InChI is InChI=1S/C18H23N3O2S/c22-16(20-14-8-5-6-12-19-18(14)23)10-3-4-11-17-21-13-7-1-2-9-15(13)24-17/h1-2,7,9,14H,3-6,8,10-12H2,(H,19,23)(H,20,22). The smallest absolute Gasteiger partial charge is 0.242 e. The van der Waals surface area contributed by atoms with Crippen LogP contribution in [0.15, 0.2) is 24.3 Å². The van der Waals surface area contributed by atoms with Crippen LogP contribution in [0.4, 0.5) is 0 Å². The molecule has 128 valence electrons. The number of fused-ring (bicyclic) bond motifs is 1. The third-order valence-electron chi connectivity index (χ3n) is 4.25. The maximum absolute atomic E-state index is 12.0. The number of aryl methyl sites for hydroxylation is 1. The molecule has 1 aromatic carbocycles. The van der Waals surface area contributed by atoms with Crippen LogP contribution in [0, 0.1) is 0 Å². The molecule has 2 N–H and O–H groups in total. The highest BCUT2D eigenvalue weighted by molar-refractivity contribution is 7.18. The molecule has 0 saturated carbocycles. The van der Waals surface area contributed by atoms with E-state index in [2.05, 4.69) is 21.7 Å². The highest BCUT2D eigenvalue weighted by Crippen LogP contribution is 2.22. The minimum atomic E-state index is -0.357. The number of aromatic nitrogens is 1. The summed E-state index contributed by atoms with van der Waals surface area (Å²) in [5.74, 6) is -0.0725. The molecule has 5 nitrogen and oxygen atoms in total. The minimum absolute atomic E-state index is 0.0265. The molecule has 0 spiro atoms. The Hall–Kier alpha value is -1.95. The van der Waals surface area contributed by atoms with E-state index in [1.807, 2.05) is 18.2 Å². The summed E-state index contributed by atoms with van der Waals surface area (Å²) in [5, 5.41) is 6.83. The van der Waals surface area contributed by atoms with E-state index in [9.17, 15) is 9.59 Å². The van der Waals surface area contributed by atoms with Gasteiger partial charge in [0.15, 0.2) is 0 Å². The van der Waals surface area contributed by atoms with Gasteiger partial charge in [-0.25, -0.2) is 4.98 Å². The number of hydrogen-bond acceptors (Lipinski definition) is 4. The fourth-order valence-electron chi connectivity index (χ4n) is 2.93. The number of nitrogens with one attached hydrogen (secondary N) is 2. The van der Waals surface area contributed by atoms with Crippen molar-refractivity contribution in [2.45, 2.75) is 51.0 Å². The molecule has 1 saturated heterocycles. The maximum atomic E-state index is 12.0. The lowest BCUT2D eigenvalue weighted by atomic mass is 10.1. The van der Waals surface area contributed by atoms with Gasteiger partial charge in [0.2, 0.25) is 11.8 Å². The summed E-state index contributed by atoms with van der Waals surface area (Å²) in [4.78, 5) is 28.4. The van der Waals surface area contributed by atoms with Crippen molar-refractivity contribution in [3.63, 3.8) is 0 Å². The molecule has 2 amide bonds. The van der Waals surface area contributed by atoms with Crippen LogP contribution in [-0.4, -0.2) is 29.4 Å². The third kappa shape index (κ3) is 4.54. The molecule has 1 aliphatic heterocycles. The van der Waals surface area contributed by atoms with E-state index in [4.69, 9.17) is 0 Å². The highest BCUT2D eigenvalue weighted by atomic mass is 32.1. The first-order valence-electron chi connectivity index (χ1n) is 8.64. The Kier molecular flexibility index (Phi) is 5.80. The Morgan fingerprint density at radius 2 is 2.17 bits per heavy atom. The second kappa shape index (κ2) is 8.24. The molecule has 0 aliphatic carbocycles. The number of rotatable bonds is 6. The van der Waals surface area contributed by atoms with Gasteiger partial charge in [-0.05, 0) is 50.7 Å². The summed E-state index contributed by atoms with van der Waals surface area (Å²) in [5.41, 5.74) is 1.05. The zero-order valence-corrected chi connectivity index (χ0v) is 14.5. The summed E-state index contributed by atoms with van der Waals surface area (Å²) in [6.07, 6.45) is 5.82. The predicted octanol–water partition coefficient (Wildman–Crippen LogP) is 2.79. The number of unbranched alkanes of at least 4 members (excludes halogenated alkanes) is 1. The molecule has 2 heterocycles. The van der Waals surface area contributed by atoms with Crippen LogP contribution in [0.3, 0.4) is 0 Å². The largest absolute Gasteiger partial charge is 0.354 e. The van der Waals surface area contributed by atoms with Gasteiger partial charge in [0, 0.05) is 13.0 Å². The SMILES string of the molecule is O=C(CCCCc1nc2ccccc2s1)NC1CCCCNC1=O. The van der Waals surface area contributed by atoms with Crippen molar-refractivity contribution in [2.75, 3.05) is 6.54 Å². The first kappa shape index (κ1) is 16.9. The number of thiazole rings is 1. The van der Waals surface area contributed by atoms with Gasteiger partial charge >= 0.3 is 0 Å². The topological polar surface area (TPSA) is 71.1 Å². The van der Waals surface area contributed by atoms with Crippen LogP contribution in [-0.2, 0) is 16.0 Å². The monoisotopic (exact) mass is 345 g/mol. The number of para-hydroxylation sites is 1. The number of hydrogen-bond donors (Lipinski definition) is 2. The second-order valence-electron chi connectivity index (χ2n) is 6.19. The lowest BCUT2D eigenvalue weighted by Gasteiger charge is -2.14. The van der Waals surface area contributed by atoms with Crippen LogP contribution in [0.25, 0.3) is 10.2 Å². The van der Waals surface area contributed by atoms with Gasteiger partial charge in [0.1, 0.15) is 6.04 Å². The molecule has 1 aromatic heterocycles. The fourth-order valence-corrected chi connectivity index (χ4v) is 3.94. The molecule has 24 heavy (non-hydrogen) atoms. The first-order chi connectivity index (χ1) is 11.7. The lowest BCUT2D eigenvalue weighted by molar-refractivity contribution is -0.128. The van der Waals surface area contributed by atoms with Crippen molar-refractivity contribution in [3.8, 4) is 0 Å². The fraction of sp³-hybridized carbons (Fsp3) is 0.500. The van der Waals surface area contributed by atoms with Gasteiger partial charge in [-0.3, -0.25) is 9.59 Å². The predicted molar refractivity (Wildman–Crippen MR) is 96.0 cm³/mol. The molecular formula is C18H23N3O2S. The zero-order valence-electron chi connectivity index (χ0n) is 13.7. The Morgan fingerprint density at radius 3 is 3.04 bits per heavy atom.